The topological polar surface area (TPSA) is 128 Å². The average molecular weight is 412 g/mol. The zero-order chi connectivity index (χ0) is 19.8. The van der Waals surface area contributed by atoms with Crippen molar-refractivity contribution in [3.8, 4) is 5.69 Å². The highest BCUT2D eigenvalue weighted by Crippen LogP contribution is 2.22. The van der Waals surface area contributed by atoms with Gasteiger partial charge in [0.1, 0.15) is 5.69 Å². The van der Waals surface area contributed by atoms with Gasteiger partial charge in [0, 0.05) is 44.6 Å². The van der Waals surface area contributed by atoms with Crippen LogP contribution in [0, 0.1) is 17.0 Å². The summed E-state index contributed by atoms with van der Waals surface area (Å²) in [5.41, 5.74) is -0.490. The van der Waals surface area contributed by atoms with Crippen molar-refractivity contribution < 1.29 is 14.5 Å². The lowest BCUT2D eigenvalue weighted by Gasteiger charge is -2.11. The third kappa shape index (κ3) is 5.84. The second-order valence-electron chi connectivity index (χ2n) is 5.65. The fourth-order valence-corrected chi connectivity index (χ4v) is 2.39. The van der Waals surface area contributed by atoms with E-state index in [0.29, 0.717) is 31.9 Å². The summed E-state index contributed by atoms with van der Waals surface area (Å²) in [4.78, 5) is 35.2. The Balaban J connectivity index is 0.00000392. The Hall–Kier alpha value is -2.82. The molecular weight excluding hydrogens is 390 g/mol. The van der Waals surface area contributed by atoms with Crippen molar-refractivity contribution in [2.75, 3.05) is 33.4 Å². The number of benzene rings is 1. The van der Waals surface area contributed by atoms with Crippen LogP contribution < -0.4 is 16.1 Å². The maximum atomic E-state index is 12.3. The first kappa shape index (κ1) is 23.2. The van der Waals surface area contributed by atoms with E-state index in [-0.39, 0.29) is 29.5 Å². The van der Waals surface area contributed by atoms with Crippen molar-refractivity contribution in [3.05, 3.63) is 62.1 Å². The van der Waals surface area contributed by atoms with Crippen LogP contribution in [0.4, 0.5) is 5.69 Å². The molecule has 2 rings (SSSR count). The molecule has 1 aromatic heterocycles. The maximum Gasteiger partial charge on any atom is 0.294 e. The molecule has 0 unspecified atom stereocenters. The van der Waals surface area contributed by atoms with Crippen molar-refractivity contribution in [1.29, 1.82) is 0 Å². The van der Waals surface area contributed by atoms with E-state index in [1.807, 2.05) is 0 Å². The van der Waals surface area contributed by atoms with Crippen LogP contribution in [-0.2, 0) is 4.74 Å². The Morgan fingerprint density at radius 2 is 2.00 bits per heavy atom. The summed E-state index contributed by atoms with van der Waals surface area (Å²) in [6.45, 7) is 3.57. The Kier molecular flexibility index (Phi) is 9.22. The lowest BCUT2D eigenvalue weighted by molar-refractivity contribution is -0.384. The summed E-state index contributed by atoms with van der Waals surface area (Å²) in [7, 11) is 1.59. The molecule has 10 nitrogen and oxygen atoms in total. The first-order chi connectivity index (χ1) is 13.0. The van der Waals surface area contributed by atoms with Gasteiger partial charge in [-0.15, -0.1) is 12.4 Å². The second kappa shape index (κ2) is 11.1. The van der Waals surface area contributed by atoms with Crippen LogP contribution in [0.2, 0.25) is 0 Å². The highest BCUT2D eigenvalue weighted by molar-refractivity contribution is 5.92. The molecule has 0 fully saturated rings. The normalized spacial score (nSPS) is 10.2. The SMILES string of the molecule is COCCNCCNC(=O)c1nn(-c2ccccc2[N+](=O)[O-])c(C)cc1=O.Cl. The summed E-state index contributed by atoms with van der Waals surface area (Å²) in [5.74, 6) is -0.638. The van der Waals surface area contributed by atoms with E-state index in [4.69, 9.17) is 4.74 Å². The standard InChI is InChI=1S/C17H21N5O5.ClH/c1-12-11-15(23)16(17(24)19-8-7-18-9-10-27-2)20-21(12)13-5-3-4-6-14(13)22(25)26;/h3-6,11,18H,7-10H2,1-2H3,(H,19,24);1H. The number of amides is 1. The predicted octanol–water partition coefficient (Wildman–Crippen LogP) is 0.837. The molecule has 0 spiro atoms. The molecule has 2 N–H and O–H groups in total. The Morgan fingerprint density at radius 1 is 1.29 bits per heavy atom. The molecule has 0 aliphatic rings. The summed E-state index contributed by atoms with van der Waals surface area (Å²) >= 11 is 0. The molecular formula is C17H22ClN5O5. The van der Waals surface area contributed by atoms with Gasteiger partial charge < -0.3 is 15.4 Å². The number of aryl methyl sites for hydroxylation is 1. The quantitative estimate of drug-likeness (QED) is 0.355. The van der Waals surface area contributed by atoms with Crippen LogP contribution >= 0.6 is 12.4 Å². The highest BCUT2D eigenvalue weighted by Gasteiger charge is 2.19. The van der Waals surface area contributed by atoms with Crippen LogP contribution in [0.15, 0.2) is 35.1 Å². The average Bonchev–Trinajstić information content (AvgIpc) is 2.64. The molecule has 0 aliphatic heterocycles. The summed E-state index contributed by atoms with van der Waals surface area (Å²) in [5, 5.41) is 21.0. The number of ether oxygens (including phenoxy) is 1. The van der Waals surface area contributed by atoms with Gasteiger partial charge in [-0.05, 0) is 13.0 Å². The van der Waals surface area contributed by atoms with Crippen LogP contribution in [0.5, 0.6) is 0 Å². The first-order valence-corrected chi connectivity index (χ1v) is 8.28. The van der Waals surface area contributed by atoms with Crippen molar-refractivity contribution in [3.63, 3.8) is 0 Å². The third-order valence-corrected chi connectivity index (χ3v) is 3.70. The fourth-order valence-electron chi connectivity index (χ4n) is 2.39. The molecule has 0 aliphatic carbocycles. The van der Waals surface area contributed by atoms with E-state index in [9.17, 15) is 19.7 Å². The van der Waals surface area contributed by atoms with E-state index < -0.39 is 16.3 Å². The van der Waals surface area contributed by atoms with E-state index in [2.05, 4.69) is 15.7 Å². The molecule has 28 heavy (non-hydrogen) atoms. The van der Waals surface area contributed by atoms with Gasteiger partial charge in [-0.25, -0.2) is 4.68 Å². The number of nitrogens with zero attached hydrogens (tertiary/aromatic N) is 3. The molecule has 0 radical (unpaired) electrons. The van der Waals surface area contributed by atoms with Crippen LogP contribution in [0.1, 0.15) is 16.2 Å². The van der Waals surface area contributed by atoms with Crippen LogP contribution in [0.25, 0.3) is 5.69 Å². The largest absolute Gasteiger partial charge is 0.383 e. The van der Waals surface area contributed by atoms with Gasteiger partial charge in [-0.1, -0.05) is 12.1 Å². The van der Waals surface area contributed by atoms with Gasteiger partial charge in [0.15, 0.2) is 5.69 Å². The van der Waals surface area contributed by atoms with E-state index >= 15 is 0 Å². The zero-order valence-corrected chi connectivity index (χ0v) is 16.3. The minimum absolute atomic E-state index is 0. The second-order valence-corrected chi connectivity index (χ2v) is 5.65. The number of nitro benzene ring substituents is 1. The first-order valence-electron chi connectivity index (χ1n) is 8.28. The van der Waals surface area contributed by atoms with Crippen LogP contribution in [-0.4, -0.2) is 54.0 Å². The minimum Gasteiger partial charge on any atom is -0.383 e. The molecule has 0 bridgehead atoms. The molecule has 1 aromatic carbocycles. The maximum absolute atomic E-state index is 12.3. The van der Waals surface area contributed by atoms with E-state index in [0.717, 1.165) is 0 Å². The summed E-state index contributed by atoms with van der Waals surface area (Å²) in [6, 6.07) is 7.22. The highest BCUT2D eigenvalue weighted by atomic mass is 35.5. The molecule has 2 aromatic rings. The van der Waals surface area contributed by atoms with Gasteiger partial charge >= 0.3 is 0 Å². The van der Waals surface area contributed by atoms with Crippen molar-refractivity contribution in [1.82, 2.24) is 20.4 Å². The van der Waals surface area contributed by atoms with Gasteiger partial charge in [0.2, 0.25) is 5.43 Å². The number of hydrogen-bond donors (Lipinski definition) is 2. The van der Waals surface area contributed by atoms with E-state index in [1.54, 1.807) is 20.1 Å². The number of carbonyl (C=O) groups is 1. The smallest absolute Gasteiger partial charge is 0.294 e. The molecule has 1 heterocycles. The number of rotatable bonds is 9. The summed E-state index contributed by atoms with van der Waals surface area (Å²) in [6.07, 6.45) is 0. The Bertz CT molecular complexity index is 886. The lowest BCUT2D eigenvalue weighted by atomic mass is 10.2. The van der Waals surface area contributed by atoms with Gasteiger partial charge in [0.25, 0.3) is 11.6 Å². The van der Waals surface area contributed by atoms with Crippen molar-refractivity contribution in [2.24, 2.45) is 0 Å². The molecule has 152 valence electrons. The molecule has 0 atom stereocenters. The Labute approximate surface area is 167 Å². The van der Waals surface area contributed by atoms with Crippen molar-refractivity contribution in [2.45, 2.75) is 6.92 Å². The number of halogens is 1. The number of nitro groups is 1. The number of hydrogen-bond acceptors (Lipinski definition) is 7. The predicted molar refractivity (Wildman–Crippen MR) is 106 cm³/mol. The number of carbonyl (C=O) groups excluding carboxylic acids is 1. The molecule has 1 amide bonds. The van der Waals surface area contributed by atoms with Crippen LogP contribution in [0.3, 0.4) is 0 Å². The van der Waals surface area contributed by atoms with Gasteiger partial charge in [-0.2, -0.15) is 5.10 Å². The Morgan fingerprint density at radius 3 is 2.68 bits per heavy atom. The third-order valence-electron chi connectivity index (χ3n) is 3.70. The minimum atomic E-state index is -0.638. The lowest BCUT2D eigenvalue weighted by Crippen LogP contribution is -2.36. The fraction of sp³-hybridized carbons (Fsp3) is 0.353. The van der Waals surface area contributed by atoms with Gasteiger partial charge in [0.05, 0.1) is 11.5 Å². The van der Waals surface area contributed by atoms with E-state index in [1.165, 1.54) is 28.9 Å². The molecule has 0 saturated carbocycles. The monoisotopic (exact) mass is 411 g/mol. The number of nitrogens with one attached hydrogen (secondary N) is 2. The number of methoxy groups -OCH3 is 1. The molecule has 11 heteroatoms. The van der Waals surface area contributed by atoms with Crippen molar-refractivity contribution >= 4 is 24.0 Å². The zero-order valence-electron chi connectivity index (χ0n) is 15.5. The molecule has 0 saturated heterocycles. The van der Waals surface area contributed by atoms with Gasteiger partial charge in [-0.3, -0.25) is 19.7 Å². The number of para-hydroxylation sites is 2. The number of aromatic nitrogens is 2. The summed E-state index contributed by atoms with van der Waals surface area (Å²) < 4.78 is 6.12.